The number of nitrogens with zero attached hydrogens (tertiary/aromatic N) is 4. The van der Waals surface area contributed by atoms with Crippen molar-refractivity contribution in [3.8, 4) is 11.3 Å². The van der Waals surface area contributed by atoms with Gasteiger partial charge in [0.15, 0.2) is 5.65 Å². The Morgan fingerprint density at radius 3 is 2.26 bits per heavy atom. The third-order valence-corrected chi connectivity index (χ3v) is 8.03. The molecule has 18 heteroatoms. The molecule has 234 valence electrons. The van der Waals surface area contributed by atoms with E-state index in [0.717, 1.165) is 0 Å². The van der Waals surface area contributed by atoms with Gasteiger partial charge < -0.3 is 15.7 Å². The normalized spacial score (nSPS) is 17.7. The third kappa shape index (κ3) is 7.85. The van der Waals surface area contributed by atoms with Crippen LogP contribution in [0, 0.1) is 11.6 Å². The quantitative estimate of drug-likeness (QED) is 0.250. The molecular weight excluding hydrogens is 605 g/mol. The summed E-state index contributed by atoms with van der Waals surface area (Å²) in [6.07, 6.45) is -3.77. The van der Waals surface area contributed by atoms with Crippen molar-refractivity contribution in [1.29, 1.82) is 0 Å². The Balaban J connectivity index is 1.64. The van der Waals surface area contributed by atoms with Gasteiger partial charge in [0.1, 0.15) is 22.8 Å². The zero-order valence-corrected chi connectivity index (χ0v) is 23.7. The molecule has 0 radical (unpaired) electrons. The molecule has 3 aromatic rings. The van der Waals surface area contributed by atoms with Crippen LogP contribution in [0.3, 0.4) is 0 Å². The molecule has 1 saturated carbocycles. The van der Waals surface area contributed by atoms with Crippen LogP contribution in [0.25, 0.3) is 22.4 Å². The van der Waals surface area contributed by atoms with Crippen LogP contribution in [-0.2, 0) is 10.0 Å². The summed E-state index contributed by atoms with van der Waals surface area (Å²) in [5.41, 5.74) is -2.97. The van der Waals surface area contributed by atoms with Gasteiger partial charge >= 0.3 is 12.3 Å². The van der Waals surface area contributed by atoms with Gasteiger partial charge in [-0.25, -0.2) is 32.0 Å². The van der Waals surface area contributed by atoms with Gasteiger partial charge in [-0.3, -0.25) is 14.1 Å². The minimum Gasteiger partial charge on any atom is -0.465 e. The number of carboxylic acid groups (broad SMARTS) is 1. The van der Waals surface area contributed by atoms with E-state index < -0.39 is 74.6 Å². The number of halogens is 5. The Labute approximate surface area is 241 Å². The molecule has 2 aromatic heterocycles. The molecule has 1 fully saturated rings. The maximum absolute atomic E-state index is 15.2. The largest absolute Gasteiger partial charge is 0.465 e. The lowest BCUT2D eigenvalue weighted by Crippen LogP contribution is -2.39. The standard InChI is InChI=1S/C25H28F5N7O5S/c1-12(2)37-21-18(11-31-23(35-21)32-13-3-5-14(6-4-13)33-24(39)40)34-20(22(37)38)19-16(26)9-15(10-17(19)27)36-43(41,42)8-7-25(28,29)30/h9-14,33,36H,3-8H2,1-2H3,(H,39,40)(H,31,32,35). The summed E-state index contributed by atoms with van der Waals surface area (Å²) in [5, 5.41) is 14.5. The number of benzene rings is 1. The van der Waals surface area contributed by atoms with Gasteiger partial charge in [-0.15, -0.1) is 0 Å². The first-order chi connectivity index (χ1) is 20.0. The number of fused-ring (bicyclic) bond motifs is 1. The summed E-state index contributed by atoms with van der Waals surface area (Å²) in [5.74, 6) is -3.93. The summed E-state index contributed by atoms with van der Waals surface area (Å²) in [6, 6.07) is 0.301. The van der Waals surface area contributed by atoms with Crippen LogP contribution in [0.4, 0.5) is 38.4 Å². The zero-order chi connectivity index (χ0) is 31.7. The lowest BCUT2D eigenvalue weighted by Gasteiger charge is -2.29. The van der Waals surface area contributed by atoms with Crippen molar-refractivity contribution in [1.82, 2.24) is 24.8 Å². The molecule has 2 heterocycles. The van der Waals surface area contributed by atoms with Crippen LogP contribution in [0.1, 0.15) is 52.0 Å². The lowest BCUT2D eigenvalue weighted by molar-refractivity contribution is -0.129. The van der Waals surface area contributed by atoms with E-state index in [0.29, 0.717) is 37.8 Å². The number of amides is 1. The van der Waals surface area contributed by atoms with Crippen molar-refractivity contribution >= 4 is 38.9 Å². The fourth-order valence-electron chi connectivity index (χ4n) is 4.79. The maximum atomic E-state index is 15.2. The molecule has 1 amide bonds. The number of hydrogen-bond donors (Lipinski definition) is 4. The van der Waals surface area contributed by atoms with Crippen LogP contribution < -0.4 is 20.9 Å². The summed E-state index contributed by atoms with van der Waals surface area (Å²) < 4.78 is 94.4. The number of carbonyl (C=O) groups is 1. The minimum atomic E-state index is -4.76. The zero-order valence-electron chi connectivity index (χ0n) is 22.9. The molecule has 4 rings (SSSR count). The van der Waals surface area contributed by atoms with Crippen LogP contribution in [0.15, 0.2) is 23.1 Å². The van der Waals surface area contributed by atoms with Crippen molar-refractivity contribution in [3.05, 3.63) is 40.3 Å². The average Bonchev–Trinajstić information content (AvgIpc) is 2.87. The molecule has 0 bridgehead atoms. The predicted octanol–water partition coefficient (Wildman–Crippen LogP) is 4.40. The Kier molecular flexibility index (Phi) is 9.08. The molecule has 12 nitrogen and oxygen atoms in total. The number of anilines is 2. The summed E-state index contributed by atoms with van der Waals surface area (Å²) in [6.45, 7) is 3.28. The highest BCUT2D eigenvalue weighted by molar-refractivity contribution is 7.92. The van der Waals surface area contributed by atoms with Crippen LogP contribution in [-0.4, -0.2) is 63.1 Å². The lowest BCUT2D eigenvalue weighted by atomic mass is 9.91. The minimum absolute atomic E-state index is 0.0268. The van der Waals surface area contributed by atoms with Gasteiger partial charge in [0, 0.05) is 18.1 Å². The second-order valence-electron chi connectivity index (χ2n) is 10.4. The molecule has 0 unspecified atom stereocenters. The second kappa shape index (κ2) is 12.3. The number of nitrogens with one attached hydrogen (secondary N) is 3. The molecule has 1 aromatic carbocycles. The van der Waals surface area contributed by atoms with Crippen molar-refractivity contribution in [2.24, 2.45) is 0 Å². The smallest absolute Gasteiger partial charge is 0.404 e. The van der Waals surface area contributed by atoms with E-state index in [1.807, 2.05) is 0 Å². The Bertz CT molecular complexity index is 1670. The highest BCUT2D eigenvalue weighted by Gasteiger charge is 2.30. The van der Waals surface area contributed by atoms with Gasteiger partial charge in [-0.1, -0.05) is 0 Å². The molecule has 0 saturated heterocycles. The van der Waals surface area contributed by atoms with E-state index in [2.05, 4.69) is 25.6 Å². The Hall–Kier alpha value is -4.09. The van der Waals surface area contributed by atoms with Gasteiger partial charge in [-0.05, 0) is 51.7 Å². The molecule has 1 aliphatic carbocycles. The third-order valence-electron chi connectivity index (χ3n) is 6.74. The van der Waals surface area contributed by atoms with Crippen LogP contribution in [0.2, 0.25) is 0 Å². The van der Waals surface area contributed by atoms with Gasteiger partial charge in [0.05, 0.1) is 29.6 Å². The van der Waals surface area contributed by atoms with E-state index in [9.17, 15) is 31.2 Å². The number of sulfonamides is 1. The van der Waals surface area contributed by atoms with E-state index in [1.54, 1.807) is 18.6 Å². The Morgan fingerprint density at radius 1 is 1.09 bits per heavy atom. The van der Waals surface area contributed by atoms with Gasteiger partial charge in [-0.2, -0.15) is 18.2 Å². The summed E-state index contributed by atoms with van der Waals surface area (Å²) in [4.78, 5) is 37.1. The summed E-state index contributed by atoms with van der Waals surface area (Å²) in [7, 11) is -4.59. The molecule has 1 aliphatic rings. The first-order valence-corrected chi connectivity index (χ1v) is 14.8. The summed E-state index contributed by atoms with van der Waals surface area (Å²) >= 11 is 0. The van der Waals surface area contributed by atoms with E-state index >= 15 is 8.78 Å². The van der Waals surface area contributed by atoms with E-state index in [-0.39, 0.29) is 29.2 Å². The van der Waals surface area contributed by atoms with Crippen molar-refractivity contribution in [3.63, 3.8) is 0 Å². The first-order valence-electron chi connectivity index (χ1n) is 13.1. The van der Waals surface area contributed by atoms with Crippen LogP contribution >= 0.6 is 0 Å². The fourth-order valence-corrected chi connectivity index (χ4v) is 5.87. The number of alkyl halides is 3. The first kappa shape index (κ1) is 31.8. The maximum Gasteiger partial charge on any atom is 0.404 e. The van der Waals surface area contributed by atoms with Crippen molar-refractivity contribution in [2.75, 3.05) is 15.8 Å². The highest BCUT2D eigenvalue weighted by Crippen LogP contribution is 2.29. The fraction of sp³-hybridized carbons (Fsp3) is 0.480. The monoisotopic (exact) mass is 633 g/mol. The van der Waals surface area contributed by atoms with Crippen LogP contribution in [0.5, 0.6) is 0 Å². The van der Waals surface area contributed by atoms with E-state index in [1.165, 1.54) is 10.8 Å². The molecule has 4 N–H and O–H groups in total. The molecule has 43 heavy (non-hydrogen) atoms. The average molecular weight is 634 g/mol. The topological polar surface area (TPSA) is 168 Å². The molecule has 0 spiro atoms. The molecule has 0 aliphatic heterocycles. The SMILES string of the molecule is CC(C)n1c(=O)c(-c2c(F)cc(NS(=O)(=O)CCC(F)(F)F)cc2F)nc2cnc(NC3CCC(NC(=O)O)CC3)nc21. The van der Waals surface area contributed by atoms with Gasteiger partial charge in [0.2, 0.25) is 16.0 Å². The number of aromatic nitrogens is 4. The second-order valence-corrected chi connectivity index (χ2v) is 12.2. The Morgan fingerprint density at radius 2 is 1.70 bits per heavy atom. The van der Waals surface area contributed by atoms with Gasteiger partial charge in [0.25, 0.3) is 5.56 Å². The highest BCUT2D eigenvalue weighted by atomic mass is 32.2. The molecule has 0 atom stereocenters. The number of hydrogen-bond acceptors (Lipinski definition) is 8. The molecular formula is C25H28F5N7O5S. The number of rotatable bonds is 9. The van der Waals surface area contributed by atoms with E-state index in [4.69, 9.17) is 5.11 Å². The predicted molar refractivity (Wildman–Crippen MR) is 146 cm³/mol. The van der Waals surface area contributed by atoms with Crippen molar-refractivity contribution < 1.29 is 40.3 Å². The van der Waals surface area contributed by atoms with Crippen molar-refractivity contribution in [2.45, 2.75) is 70.3 Å².